The van der Waals surface area contributed by atoms with Gasteiger partial charge in [-0.1, -0.05) is 79.1 Å². The fourth-order valence-corrected chi connectivity index (χ4v) is 2.26. The van der Waals surface area contributed by atoms with Crippen molar-refractivity contribution in [2.45, 2.75) is 79.1 Å². The monoisotopic (exact) mass is 198 g/mol. The second-order valence-corrected chi connectivity index (χ2v) is 4.86. The summed E-state index contributed by atoms with van der Waals surface area (Å²) in [5, 5.41) is 0. The fraction of sp³-hybridized carbons (Fsp3) is 1.00. The van der Waals surface area contributed by atoms with Crippen LogP contribution in [0.4, 0.5) is 0 Å². The average Bonchev–Trinajstić information content (AvgIpc) is 2.19. The minimum absolute atomic E-state index is 0.960. The molecular weight excluding hydrogens is 168 g/mol. The molecule has 0 amide bonds. The van der Waals surface area contributed by atoms with Gasteiger partial charge in [-0.15, -0.1) is 0 Å². The van der Waals surface area contributed by atoms with Crippen molar-refractivity contribution in [2.24, 2.45) is 11.8 Å². The Kier molecular flexibility index (Phi) is 9.55. The molecule has 0 aliphatic carbocycles. The van der Waals surface area contributed by atoms with Crippen molar-refractivity contribution in [1.82, 2.24) is 0 Å². The molecule has 0 nitrogen and oxygen atoms in total. The zero-order valence-corrected chi connectivity index (χ0v) is 10.8. The molecule has 0 aromatic carbocycles. The third-order valence-corrected chi connectivity index (χ3v) is 3.50. The van der Waals surface area contributed by atoms with E-state index < -0.39 is 0 Å². The van der Waals surface area contributed by atoms with E-state index in [2.05, 4.69) is 27.7 Å². The minimum Gasteiger partial charge on any atom is -0.0654 e. The molecule has 0 N–H and O–H groups in total. The molecule has 86 valence electrons. The van der Waals surface area contributed by atoms with E-state index in [1.807, 2.05) is 0 Å². The highest BCUT2D eigenvalue weighted by molar-refractivity contribution is 4.57. The van der Waals surface area contributed by atoms with Gasteiger partial charge in [0, 0.05) is 0 Å². The van der Waals surface area contributed by atoms with E-state index in [0.717, 1.165) is 11.8 Å². The van der Waals surface area contributed by atoms with Crippen molar-refractivity contribution in [1.29, 1.82) is 0 Å². The van der Waals surface area contributed by atoms with Crippen molar-refractivity contribution >= 4 is 0 Å². The van der Waals surface area contributed by atoms with Crippen LogP contribution < -0.4 is 0 Å². The van der Waals surface area contributed by atoms with Gasteiger partial charge in [-0.3, -0.25) is 0 Å². The topological polar surface area (TPSA) is 0 Å². The van der Waals surface area contributed by atoms with Gasteiger partial charge >= 0.3 is 0 Å². The first-order valence-electron chi connectivity index (χ1n) is 6.74. The van der Waals surface area contributed by atoms with Crippen LogP contribution in [0.25, 0.3) is 0 Å². The Labute approximate surface area is 91.5 Å². The van der Waals surface area contributed by atoms with Gasteiger partial charge in [0.2, 0.25) is 0 Å². The van der Waals surface area contributed by atoms with Gasteiger partial charge in [-0.25, -0.2) is 0 Å². The van der Waals surface area contributed by atoms with Crippen molar-refractivity contribution in [2.75, 3.05) is 0 Å². The maximum atomic E-state index is 2.40. The maximum absolute atomic E-state index is 2.40. The SMILES string of the molecule is CCCC(C)CCCCC(CC)CC. The van der Waals surface area contributed by atoms with Crippen LogP contribution in [0.1, 0.15) is 79.1 Å². The Morgan fingerprint density at radius 3 is 1.86 bits per heavy atom. The third kappa shape index (κ3) is 7.41. The molecule has 1 unspecified atom stereocenters. The van der Waals surface area contributed by atoms with Gasteiger partial charge in [0.25, 0.3) is 0 Å². The largest absolute Gasteiger partial charge is 0.0654 e. The molecule has 0 aromatic heterocycles. The lowest BCUT2D eigenvalue weighted by atomic mass is 9.93. The Hall–Kier alpha value is 0. The van der Waals surface area contributed by atoms with Gasteiger partial charge in [0.15, 0.2) is 0 Å². The molecule has 0 aliphatic heterocycles. The Bertz CT molecular complexity index is 103. The van der Waals surface area contributed by atoms with Crippen LogP contribution in [0.5, 0.6) is 0 Å². The summed E-state index contributed by atoms with van der Waals surface area (Å²) < 4.78 is 0. The summed E-state index contributed by atoms with van der Waals surface area (Å²) in [5.41, 5.74) is 0. The van der Waals surface area contributed by atoms with Crippen molar-refractivity contribution in [3.05, 3.63) is 0 Å². The molecule has 0 spiro atoms. The highest BCUT2D eigenvalue weighted by atomic mass is 14.1. The zero-order valence-electron chi connectivity index (χ0n) is 10.8. The Morgan fingerprint density at radius 2 is 1.36 bits per heavy atom. The summed E-state index contributed by atoms with van der Waals surface area (Å²) in [6.07, 6.45) is 11.4. The highest BCUT2D eigenvalue weighted by Crippen LogP contribution is 2.19. The molecule has 0 heteroatoms. The maximum Gasteiger partial charge on any atom is -0.0420 e. The molecule has 0 radical (unpaired) electrons. The van der Waals surface area contributed by atoms with Crippen molar-refractivity contribution in [3.63, 3.8) is 0 Å². The fourth-order valence-electron chi connectivity index (χ4n) is 2.26. The average molecular weight is 198 g/mol. The molecule has 1 atom stereocenters. The van der Waals surface area contributed by atoms with E-state index in [-0.39, 0.29) is 0 Å². The van der Waals surface area contributed by atoms with E-state index in [4.69, 9.17) is 0 Å². The van der Waals surface area contributed by atoms with Gasteiger partial charge < -0.3 is 0 Å². The smallest absolute Gasteiger partial charge is 0.0420 e. The van der Waals surface area contributed by atoms with Gasteiger partial charge in [0.1, 0.15) is 0 Å². The lowest BCUT2D eigenvalue weighted by molar-refractivity contribution is 0.402. The molecule has 0 saturated heterocycles. The molecular formula is C14H30. The van der Waals surface area contributed by atoms with Gasteiger partial charge in [-0.05, 0) is 11.8 Å². The van der Waals surface area contributed by atoms with Crippen molar-refractivity contribution < 1.29 is 0 Å². The van der Waals surface area contributed by atoms with Crippen molar-refractivity contribution in [3.8, 4) is 0 Å². The van der Waals surface area contributed by atoms with Crippen LogP contribution in [0, 0.1) is 11.8 Å². The number of hydrogen-bond donors (Lipinski definition) is 0. The lowest BCUT2D eigenvalue weighted by Gasteiger charge is -2.13. The molecule has 0 heterocycles. The molecule has 14 heavy (non-hydrogen) atoms. The third-order valence-electron chi connectivity index (χ3n) is 3.50. The number of rotatable bonds is 9. The van der Waals surface area contributed by atoms with Crippen LogP contribution >= 0.6 is 0 Å². The van der Waals surface area contributed by atoms with Crippen LogP contribution in [-0.4, -0.2) is 0 Å². The second-order valence-electron chi connectivity index (χ2n) is 4.86. The van der Waals surface area contributed by atoms with E-state index in [0.29, 0.717) is 0 Å². The summed E-state index contributed by atoms with van der Waals surface area (Å²) in [7, 11) is 0. The van der Waals surface area contributed by atoms with Crippen LogP contribution in [0.15, 0.2) is 0 Å². The highest BCUT2D eigenvalue weighted by Gasteiger charge is 2.04. The van der Waals surface area contributed by atoms with E-state index in [1.54, 1.807) is 0 Å². The molecule has 0 saturated carbocycles. The molecule has 0 fully saturated rings. The molecule has 0 rings (SSSR count). The predicted octanol–water partition coefficient (Wildman–Crippen LogP) is 5.42. The van der Waals surface area contributed by atoms with Crippen LogP contribution in [0.2, 0.25) is 0 Å². The molecule has 0 bridgehead atoms. The van der Waals surface area contributed by atoms with E-state index in [9.17, 15) is 0 Å². The quantitative estimate of drug-likeness (QED) is 0.434. The zero-order chi connectivity index (χ0) is 10.8. The van der Waals surface area contributed by atoms with Crippen LogP contribution in [0.3, 0.4) is 0 Å². The Morgan fingerprint density at radius 1 is 0.786 bits per heavy atom. The Balaban J connectivity index is 3.27. The normalized spacial score (nSPS) is 13.5. The summed E-state index contributed by atoms with van der Waals surface area (Å²) in [4.78, 5) is 0. The number of hydrogen-bond acceptors (Lipinski definition) is 0. The standard InChI is InChI=1S/C14H30/c1-5-10-13(4)11-8-9-12-14(6-2)7-3/h13-14H,5-12H2,1-4H3. The summed E-state index contributed by atoms with van der Waals surface area (Å²) in [5.74, 6) is 1.96. The first-order chi connectivity index (χ1) is 6.74. The van der Waals surface area contributed by atoms with Gasteiger partial charge in [-0.2, -0.15) is 0 Å². The number of unbranched alkanes of at least 4 members (excludes halogenated alkanes) is 1. The lowest BCUT2D eigenvalue weighted by Crippen LogP contribution is -1.98. The summed E-state index contributed by atoms with van der Waals surface area (Å²) in [6.45, 7) is 9.35. The first-order valence-corrected chi connectivity index (χ1v) is 6.74. The second kappa shape index (κ2) is 9.55. The van der Waals surface area contributed by atoms with Crippen LogP contribution in [-0.2, 0) is 0 Å². The summed E-state index contributed by atoms with van der Waals surface area (Å²) in [6, 6.07) is 0. The first kappa shape index (κ1) is 14.0. The van der Waals surface area contributed by atoms with E-state index in [1.165, 1.54) is 51.4 Å². The van der Waals surface area contributed by atoms with Gasteiger partial charge in [0.05, 0.1) is 0 Å². The van der Waals surface area contributed by atoms with E-state index >= 15 is 0 Å². The minimum atomic E-state index is 0.960. The molecule has 0 aromatic rings. The predicted molar refractivity (Wildman–Crippen MR) is 66.6 cm³/mol. The molecule has 0 aliphatic rings. The summed E-state index contributed by atoms with van der Waals surface area (Å²) >= 11 is 0.